The van der Waals surface area contributed by atoms with Gasteiger partial charge in [0.25, 0.3) is 0 Å². The monoisotopic (exact) mass is 180 g/mol. The maximum Gasteiger partial charge on any atom is 0.0549 e. The van der Waals surface area contributed by atoms with Gasteiger partial charge in [-0.3, -0.25) is 0 Å². The Bertz CT molecular complexity index is 227. The van der Waals surface area contributed by atoms with E-state index in [1.54, 1.807) is 11.1 Å². The van der Waals surface area contributed by atoms with Crippen molar-refractivity contribution in [3.05, 3.63) is 11.1 Å². The Morgan fingerprint density at radius 2 is 1.92 bits per heavy atom. The molecule has 2 bridgehead atoms. The van der Waals surface area contributed by atoms with E-state index in [1.165, 1.54) is 25.7 Å². The number of rotatable bonds is 3. The van der Waals surface area contributed by atoms with E-state index in [2.05, 4.69) is 6.92 Å². The first-order valence-corrected chi connectivity index (χ1v) is 5.62. The van der Waals surface area contributed by atoms with Crippen LogP contribution in [0.2, 0.25) is 0 Å². The zero-order chi connectivity index (χ0) is 9.42. The van der Waals surface area contributed by atoms with Crippen LogP contribution in [0.25, 0.3) is 0 Å². The van der Waals surface area contributed by atoms with Crippen molar-refractivity contribution >= 4 is 0 Å². The Kier molecular flexibility index (Phi) is 2.46. The summed E-state index contributed by atoms with van der Waals surface area (Å²) in [6.07, 6.45) is 6.20. The molecule has 74 valence electrons. The second-order valence-electron chi connectivity index (χ2n) is 4.66. The van der Waals surface area contributed by atoms with Crippen molar-refractivity contribution in [2.75, 3.05) is 0 Å². The van der Waals surface area contributed by atoms with Gasteiger partial charge in [-0.1, -0.05) is 18.1 Å². The van der Waals surface area contributed by atoms with Crippen molar-refractivity contribution in [1.29, 1.82) is 0 Å². The lowest BCUT2D eigenvalue weighted by atomic mass is 9.87. The summed E-state index contributed by atoms with van der Waals surface area (Å²) in [6, 6.07) is 0. The fourth-order valence-electron chi connectivity index (χ4n) is 3.27. The predicted octanol–water partition coefficient (Wildman–Crippen LogP) is 2.89. The first kappa shape index (κ1) is 9.26. The predicted molar refractivity (Wildman–Crippen MR) is 54.4 cm³/mol. The summed E-state index contributed by atoms with van der Waals surface area (Å²) in [6.45, 7) is 4.17. The molecule has 1 fully saturated rings. The van der Waals surface area contributed by atoms with Crippen molar-refractivity contribution < 1.29 is 5.11 Å². The summed E-state index contributed by atoms with van der Waals surface area (Å²) in [7, 11) is 0. The van der Waals surface area contributed by atoms with Crippen molar-refractivity contribution in [2.45, 2.75) is 52.1 Å². The maximum absolute atomic E-state index is 9.42. The normalized spacial score (nSPS) is 34.4. The highest BCUT2D eigenvalue weighted by Gasteiger charge is 2.37. The summed E-state index contributed by atoms with van der Waals surface area (Å²) < 4.78 is 0. The third-order valence-corrected chi connectivity index (χ3v) is 3.73. The molecular weight excluding hydrogens is 160 g/mol. The fourth-order valence-corrected chi connectivity index (χ4v) is 3.27. The fraction of sp³-hybridized carbons (Fsp3) is 0.833. The molecule has 0 saturated heterocycles. The molecule has 2 aliphatic rings. The summed E-state index contributed by atoms with van der Waals surface area (Å²) in [4.78, 5) is 0. The van der Waals surface area contributed by atoms with E-state index >= 15 is 0 Å². The number of aliphatic hydroxyl groups excluding tert-OH is 1. The highest BCUT2D eigenvalue weighted by molar-refractivity contribution is 5.29. The van der Waals surface area contributed by atoms with Gasteiger partial charge in [0.15, 0.2) is 0 Å². The summed E-state index contributed by atoms with van der Waals surface area (Å²) in [5.74, 6) is 1.73. The second kappa shape index (κ2) is 3.45. The van der Waals surface area contributed by atoms with Crippen LogP contribution in [-0.2, 0) is 0 Å². The maximum atomic E-state index is 9.42. The Balaban J connectivity index is 2.16. The first-order chi connectivity index (χ1) is 6.22. The van der Waals surface area contributed by atoms with E-state index in [4.69, 9.17) is 0 Å². The van der Waals surface area contributed by atoms with Crippen LogP contribution in [0.3, 0.4) is 0 Å². The van der Waals surface area contributed by atoms with Crippen LogP contribution in [-0.4, -0.2) is 11.2 Å². The number of fused-ring (bicyclic) bond motifs is 2. The van der Waals surface area contributed by atoms with Gasteiger partial charge in [0.1, 0.15) is 0 Å². The van der Waals surface area contributed by atoms with Gasteiger partial charge in [-0.15, -0.1) is 0 Å². The minimum atomic E-state index is -0.143. The molecule has 0 aromatic carbocycles. The van der Waals surface area contributed by atoms with E-state index in [0.29, 0.717) is 0 Å². The van der Waals surface area contributed by atoms with E-state index in [1.807, 2.05) is 6.92 Å². The van der Waals surface area contributed by atoms with Crippen molar-refractivity contribution in [1.82, 2.24) is 0 Å². The summed E-state index contributed by atoms with van der Waals surface area (Å²) in [5.41, 5.74) is 3.31. The molecule has 1 heteroatoms. The van der Waals surface area contributed by atoms with Crippen molar-refractivity contribution in [2.24, 2.45) is 11.8 Å². The van der Waals surface area contributed by atoms with E-state index in [-0.39, 0.29) is 6.10 Å². The molecule has 0 amide bonds. The smallest absolute Gasteiger partial charge is 0.0549 e. The molecule has 1 nitrogen and oxygen atoms in total. The minimum absolute atomic E-state index is 0.143. The third-order valence-electron chi connectivity index (χ3n) is 3.73. The highest BCUT2D eigenvalue weighted by atomic mass is 16.3. The molecule has 0 aliphatic heterocycles. The lowest BCUT2D eigenvalue weighted by molar-refractivity contribution is 0.191. The van der Waals surface area contributed by atoms with E-state index < -0.39 is 0 Å². The molecule has 2 aliphatic carbocycles. The van der Waals surface area contributed by atoms with Crippen molar-refractivity contribution in [3.8, 4) is 0 Å². The number of aliphatic hydroxyl groups is 1. The van der Waals surface area contributed by atoms with Crippen LogP contribution in [0, 0.1) is 11.8 Å². The van der Waals surface area contributed by atoms with Gasteiger partial charge in [0.05, 0.1) is 6.10 Å². The molecule has 0 radical (unpaired) electrons. The molecule has 0 heterocycles. The van der Waals surface area contributed by atoms with Crippen molar-refractivity contribution in [3.63, 3.8) is 0 Å². The SMILES string of the molecule is CCC1=C(CC(C)O)C2CCC1C2. The Morgan fingerprint density at radius 3 is 2.46 bits per heavy atom. The summed E-state index contributed by atoms with van der Waals surface area (Å²) >= 11 is 0. The quantitative estimate of drug-likeness (QED) is 0.662. The first-order valence-electron chi connectivity index (χ1n) is 5.62. The number of allylic oxidation sites excluding steroid dienone is 1. The van der Waals surface area contributed by atoms with Crippen LogP contribution in [0.15, 0.2) is 11.1 Å². The lowest BCUT2D eigenvalue weighted by Gasteiger charge is -2.20. The minimum Gasteiger partial charge on any atom is -0.393 e. The topological polar surface area (TPSA) is 20.2 Å². The van der Waals surface area contributed by atoms with Crippen LogP contribution in [0.4, 0.5) is 0 Å². The van der Waals surface area contributed by atoms with Gasteiger partial charge in [0, 0.05) is 0 Å². The molecule has 3 atom stereocenters. The average Bonchev–Trinajstić information content (AvgIpc) is 2.62. The lowest BCUT2D eigenvalue weighted by Crippen LogP contribution is -2.09. The Morgan fingerprint density at radius 1 is 1.31 bits per heavy atom. The Hall–Kier alpha value is -0.300. The molecule has 1 saturated carbocycles. The molecule has 0 spiro atoms. The zero-order valence-corrected chi connectivity index (χ0v) is 8.71. The molecule has 13 heavy (non-hydrogen) atoms. The van der Waals surface area contributed by atoms with E-state index in [0.717, 1.165) is 18.3 Å². The molecule has 0 aromatic heterocycles. The van der Waals surface area contributed by atoms with Crippen LogP contribution >= 0.6 is 0 Å². The van der Waals surface area contributed by atoms with Crippen LogP contribution in [0.5, 0.6) is 0 Å². The summed E-state index contributed by atoms with van der Waals surface area (Å²) in [5, 5.41) is 9.42. The molecule has 3 unspecified atom stereocenters. The van der Waals surface area contributed by atoms with Gasteiger partial charge in [-0.05, 0) is 50.9 Å². The van der Waals surface area contributed by atoms with Crippen LogP contribution < -0.4 is 0 Å². The van der Waals surface area contributed by atoms with Gasteiger partial charge in [0.2, 0.25) is 0 Å². The van der Waals surface area contributed by atoms with Gasteiger partial charge in [-0.25, -0.2) is 0 Å². The second-order valence-corrected chi connectivity index (χ2v) is 4.66. The average molecular weight is 180 g/mol. The third kappa shape index (κ3) is 1.54. The number of hydrogen-bond acceptors (Lipinski definition) is 1. The molecular formula is C12H20O. The standard InChI is InChI=1S/C12H20O/c1-3-11-9-4-5-10(7-9)12(11)6-8(2)13/h8-10,13H,3-7H2,1-2H3. The molecule has 0 aromatic rings. The molecule has 2 rings (SSSR count). The highest BCUT2D eigenvalue weighted by Crippen LogP contribution is 2.50. The zero-order valence-electron chi connectivity index (χ0n) is 8.71. The largest absolute Gasteiger partial charge is 0.393 e. The van der Waals surface area contributed by atoms with Gasteiger partial charge >= 0.3 is 0 Å². The van der Waals surface area contributed by atoms with Gasteiger partial charge < -0.3 is 5.11 Å². The van der Waals surface area contributed by atoms with Crippen LogP contribution in [0.1, 0.15) is 46.0 Å². The molecule has 1 N–H and O–H groups in total. The van der Waals surface area contributed by atoms with Gasteiger partial charge in [-0.2, -0.15) is 0 Å². The Labute approximate surface area is 80.8 Å². The number of hydrogen-bond donors (Lipinski definition) is 1. The van der Waals surface area contributed by atoms with E-state index in [9.17, 15) is 5.11 Å².